The van der Waals surface area contributed by atoms with E-state index in [4.69, 9.17) is 19.9 Å². The molecule has 11 nitrogen and oxygen atoms in total. The molecule has 0 spiro atoms. The van der Waals surface area contributed by atoms with Gasteiger partial charge >= 0.3 is 6.09 Å². The minimum atomic E-state index is -1.04. The molecule has 2 atom stereocenters. The number of likely N-dealkylation sites (tertiary alicyclic amines) is 1. The van der Waals surface area contributed by atoms with Crippen LogP contribution in [0.2, 0.25) is 0 Å². The lowest BCUT2D eigenvalue weighted by Gasteiger charge is -2.40. The van der Waals surface area contributed by atoms with Crippen molar-refractivity contribution >= 4 is 35.2 Å². The molecule has 1 saturated heterocycles. The zero-order chi connectivity index (χ0) is 29.4. The quantitative estimate of drug-likeness (QED) is 0.485. The Hall–Kier alpha value is -3.34. The highest BCUT2D eigenvalue weighted by Crippen LogP contribution is 2.43. The van der Waals surface area contributed by atoms with Crippen molar-refractivity contribution in [1.29, 1.82) is 0 Å². The number of hydrogen-bond donors (Lipinski definition) is 1. The fourth-order valence-corrected chi connectivity index (χ4v) is 5.24. The highest BCUT2D eigenvalue weighted by Gasteiger charge is 2.45. The average molecular weight is 559 g/mol. The van der Waals surface area contributed by atoms with Crippen molar-refractivity contribution in [3.8, 4) is 5.75 Å². The maximum absolute atomic E-state index is 14.1. The summed E-state index contributed by atoms with van der Waals surface area (Å²) in [6.45, 7) is 12.1. The van der Waals surface area contributed by atoms with Crippen LogP contribution in [0.5, 0.6) is 5.75 Å². The van der Waals surface area contributed by atoms with Crippen molar-refractivity contribution in [2.75, 3.05) is 42.6 Å². The third kappa shape index (κ3) is 6.51. The second-order valence-corrected chi connectivity index (χ2v) is 12.3. The number of piperidine rings is 1. The summed E-state index contributed by atoms with van der Waals surface area (Å²) in [5.74, 6) is -1.68. The summed E-state index contributed by atoms with van der Waals surface area (Å²) in [6.07, 6.45) is 1.34. The minimum absolute atomic E-state index is 0.0111. The van der Waals surface area contributed by atoms with Crippen molar-refractivity contribution < 1.29 is 33.4 Å². The number of rotatable bonds is 8. The van der Waals surface area contributed by atoms with Gasteiger partial charge in [-0.15, -0.1) is 0 Å². The van der Waals surface area contributed by atoms with Gasteiger partial charge in [-0.25, -0.2) is 4.79 Å². The van der Waals surface area contributed by atoms with E-state index in [2.05, 4.69) is 0 Å². The number of carbonyl (C=O) groups excluding carboxylic acids is 4. The molecule has 40 heavy (non-hydrogen) atoms. The van der Waals surface area contributed by atoms with Crippen LogP contribution in [0.25, 0.3) is 0 Å². The number of nitrogens with zero attached hydrogens (tertiary/aromatic N) is 3. The molecule has 1 saturated carbocycles. The van der Waals surface area contributed by atoms with Crippen molar-refractivity contribution in [3.63, 3.8) is 0 Å². The van der Waals surface area contributed by atoms with Gasteiger partial charge in [0.15, 0.2) is 5.60 Å². The van der Waals surface area contributed by atoms with Crippen LogP contribution in [0.1, 0.15) is 60.8 Å². The molecule has 3 aliphatic rings. The van der Waals surface area contributed by atoms with E-state index in [0.29, 0.717) is 36.9 Å². The van der Waals surface area contributed by atoms with Crippen LogP contribution in [-0.2, 0) is 23.9 Å². The molecular formula is C29H42N4O7. The van der Waals surface area contributed by atoms with Crippen molar-refractivity contribution in [2.24, 2.45) is 17.6 Å². The summed E-state index contributed by atoms with van der Waals surface area (Å²) >= 11 is 0. The number of carbonyl (C=O) groups is 4. The Bertz CT molecular complexity index is 1160. The summed E-state index contributed by atoms with van der Waals surface area (Å²) in [7, 11) is 0. The molecule has 2 heterocycles. The highest BCUT2D eigenvalue weighted by atomic mass is 16.6. The Morgan fingerprint density at radius 2 is 1.82 bits per heavy atom. The molecule has 0 aromatic heterocycles. The van der Waals surface area contributed by atoms with E-state index in [9.17, 15) is 19.2 Å². The molecule has 1 aliphatic carbocycles. The van der Waals surface area contributed by atoms with Crippen molar-refractivity contribution in [1.82, 2.24) is 4.90 Å². The van der Waals surface area contributed by atoms with Gasteiger partial charge in [-0.1, -0.05) is 0 Å². The number of nitrogens with two attached hydrogens (primary N) is 1. The SMILES string of the molecule is CCOCCN1C(=O)C(C)(C)Oc2ccc(N(C(=O)C3CC(C(N)=O)CN(C(=O)OC(C)(C)C)C3)C3CC3)cc21. The number of amides is 4. The van der Waals surface area contributed by atoms with E-state index in [-0.39, 0.29) is 37.4 Å². The summed E-state index contributed by atoms with van der Waals surface area (Å²) in [5.41, 5.74) is 5.10. The first kappa shape index (κ1) is 29.6. The smallest absolute Gasteiger partial charge is 0.410 e. The van der Waals surface area contributed by atoms with Crippen LogP contribution in [-0.4, -0.2) is 78.8 Å². The Morgan fingerprint density at radius 3 is 2.42 bits per heavy atom. The molecule has 4 rings (SSSR count). The van der Waals surface area contributed by atoms with Gasteiger partial charge in [0.05, 0.1) is 24.1 Å². The summed E-state index contributed by atoms with van der Waals surface area (Å²) in [6, 6.07) is 5.41. The summed E-state index contributed by atoms with van der Waals surface area (Å²) in [4.78, 5) is 57.3. The average Bonchev–Trinajstić information content (AvgIpc) is 3.70. The van der Waals surface area contributed by atoms with Crippen LogP contribution in [0, 0.1) is 11.8 Å². The molecule has 2 N–H and O–H groups in total. The normalized spacial score (nSPS) is 22.3. The van der Waals surface area contributed by atoms with Crippen LogP contribution >= 0.6 is 0 Å². The van der Waals surface area contributed by atoms with E-state index in [0.717, 1.165) is 12.8 Å². The Morgan fingerprint density at radius 1 is 1.15 bits per heavy atom. The van der Waals surface area contributed by atoms with Gasteiger partial charge in [0.2, 0.25) is 11.8 Å². The van der Waals surface area contributed by atoms with Crippen molar-refractivity contribution in [2.45, 2.75) is 78.0 Å². The third-order valence-corrected chi connectivity index (χ3v) is 7.30. The molecule has 0 bridgehead atoms. The van der Waals surface area contributed by atoms with Gasteiger partial charge in [-0.05, 0) is 79.0 Å². The van der Waals surface area contributed by atoms with E-state index in [1.54, 1.807) is 50.5 Å². The van der Waals surface area contributed by atoms with E-state index in [1.807, 2.05) is 19.1 Å². The maximum atomic E-state index is 14.1. The van der Waals surface area contributed by atoms with Crippen LogP contribution in [0.4, 0.5) is 16.2 Å². The summed E-state index contributed by atoms with van der Waals surface area (Å²) in [5, 5.41) is 0. The molecule has 220 valence electrons. The van der Waals surface area contributed by atoms with Gasteiger partial charge < -0.3 is 34.6 Å². The molecule has 2 aliphatic heterocycles. The minimum Gasteiger partial charge on any atom is -0.476 e. The predicted octanol–water partition coefficient (Wildman–Crippen LogP) is 3.08. The first-order valence-corrected chi connectivity index (χ1v) is 14.0. The van der Waals surface area contributed by atoms with Gasteiger partial charge in [0.25, 0.3) is 5.91 Å². The van der Waals surface area contributed by atoms with E-state index in [1.165, 1.54) is 4.90 Å². The molecule has 2 fully saturated rings. The van der Waals surface area contributed by atoms with Crippen LogP contribution < -0.4 is 20.3 Å². The number of fused-ring (bicyclic) bond motifs is 1. The van der Waals surface area contributed by atoms with Crippen LogP contribution in [0.15, 0.2) is 18.2 Å². The van der Waals surface area contributed by atoms with Gasteiger partial charge in [-0.2, -0.15) is 0 Å². The number of hydrogen-bond acceptors (Lipinski definition) is 7. The topological polar surface area (TPSA) is 132 Å². The predicted molar refractivity (Wildman–Crippen MR) is 149 cm³/mol. The number of benzene rings is 1. The molecule has 0 radical (unpaired) electrons. The number of ether oxygens (including phenoxy) is 3. The van der Waals surface area contributed by atoms with Crippen molar-refractivity contribution in [3.05, 3.63) is 18.2 Å². The Labute approximate surface area is 235 Å². The standard InChI is InChI=1S/C29H42N4O7/c1-7-38-13-12-32-22-15-21(10-11-23(22)39-29(5,6)26(32)36)33(20-8-9-20)25(35)19-14-18(24(30)34)16-31(17-19)27(37)40-28(2,3)4/h10-11,15,18-20H,7-9,12-14,16-17H2,1-6H3,(H2,30,34). The first-order chi connectivity index (χ1) is 18.7. The molecule has 1 aromatic rings. The van der Waals surface area contributed by atoms with Gasteiger partial charge in [-0.3, -0.25) is 14.4 Å². The zero-order valence-corrected chi connectivity index (χ0v) is 24.4. The second-order valence-electron chi connectivity index (χ2n) is 12.3. The Balaban J connectivity index is 1.63. The molecule has 4 amide bonds. The fraction of sp³-hybridized carbons (Fsp3) is 0.655. The maximum Gasteiger partial charge on any atom is 0.410 e. The molecule has 11 heteroatoms. The van der Waals surface area contributed by atoms with E-state index < -0.39 is 35.0 Å². The fourth-order valence-electron chi connectivity index (χ4n) is 5.24. The molecular weight excluding hydrogens is 516 g/mol. The second kappa shape index (κ2) is 11.3. The third-order valence-electron chi connectivity index (χ3n) is 7.30. The zero-order valence-electron chi connectivity index (χ0n) is 24.4. The van der Waals surface area contributed by atoms with E-state index >= 15 is 0 Å². The highest BCUT2D eigenvalue weighted by molar-refractivity contribution is 6.04. The molecule has 2 unspecified atom stereocenters. The van der Waals surface area contributed by atoms with Gasteiger partial charge in [0.1, 0.15) is 11.4 Å². The largest absolute Gasteiger partial charge is 0.476 e. The van der Waals surface area contributed by atoms with Crippen LogP contribution in [0.3, 0.4) is 0 Å². The molecule has 1 aromatic carbocycles. The lowest BCUT2D eigenvalue weighted by molar-refractivity contribution is -0.133. The Kier molecular flexibility index (Phi) is 8.35. The first-order valence-electron chi connectivity index (χ1n) is 14.0. The lowest BCUT2D eigenvalue weighted by Crippen LogP contribution is -2.54. The monoisotopic (exact) mass is 558 g/mol. The lowest BCUT2D eigenvalue weighted by atomic mass is 9.87. The number of anilines is 2. The summed E-state index contributed by atoms with van der Waals surface area (Å²) < 4.78 is 17.1. The number of primary amides is 1. The van der Waals surface area contributed by atoms with Gasteiger partial charge in [0, 0.05) is 38.0 Å².